The van der Waals surface area contributed by atoms with Crippen LogP contribution in [0.5, 0.6) is 0 Å². The summed E-state index contributed by atoms with van der Waals surface area (Å²) in [5.41, 5.74) is 1.21. The second-order valence-corrected chi connectivity index (χ2v) is 5.89. The van der Waals surface area contributed by atoms with Crippen molar-refractivity contribution in [1.82, 2.24) is 9.97 Å². The van der Waals surface area contributed by atoms with Gasteiger partial charge in [-0.2, -0.15) is 0 Å². The van der Waals surface area contributed by atoms with Gasteiger partial charge >= 0.3 is 0 Å². The van der Waals surface area contributed by atoms with Crippen LogP contribution in [0.25, 0.3) is 11.4 Å². The first-order valence-corrected chi connectivity index (χ1v) is 7.13. The van der Waals surface area contributed by atoms with Crippen LogP contribution in [0.4, 0.5) is 4.39 Å². The number of halogens is 4. The molecule has 2 rings (SSSR count). The zero-order valence-corrected chi connectivity index (χ0v) is 13.3. The predicted molar refractivity (Wildman–Crippen MR) is 79.2 cm³/mol. The Kier molecular flexibility index (Phi) is 4.43. The fourth-order valence-electron chi connectivity index (χ4n) is 1.68. The summed E-state index contributed by atoms with van der Waals surface area (Å²) in [7, 11) is 0. The molecule has 2 nitrogen and oxygen atoms in total. The molecular formula is C13H10BrCl2FN2. The molecule has 1 aromatic heterocycles. The van der Waals surface area contributed by atoms with Crippen LogP contribution in [0.3, 0.4) is 0 Å². The second-order valence-electron chi connectivity index (χ2n) is 4.32. The van der Waals surface area contributed by atoms with Crippen molar-refractivity contribution in [2.75, 3.05) is 0 Å². The molecule has 0 bridgehead atoms. The standard InChI is InChI=1S/C13H10BrCl2FN2/c1-6(2)10-11(15)18-13(19-12(10)16)8-5-7(17)3-4-9(8)14/h3-6H,1-2H3. The summed E-state index contributed by atoms with van der Waals surface area (Å²) < 4.78 is 14.0. The largest absolute Gasteiger partial charge is 0.216 e. The van der Waals surface area contributed by atoms with Crippen molar-refractivity contribution in [3.05, 3.63) is 44.4 Å². The molecule has 0 saturated heterocycles. The van der Waals surface area contributed by atoms with Gasteiger partial charge in [0.25, 0.3) is 0 Å². The van der Waals surface area contributed by atoms with Gasteiger partial charge in [-0.25, -0.2) is 14.4 Å². The van der Waals surface area contributed by atoms with Crippen molar-refractivity contribution in [2.45, 2.75) is 19.8 Å². The highest BCUT2D eigenvalue weighted by atomic mass is 79.9. The number of rotatable bonds is 2. The molecule has 0 saturated carbocycles. The van der Waals surface area contributed by atoms with Gasteiger partial charge in [0.1, 0.15) is 16.1 Å². The first-order chi connectivity index (χ1) is 8.90. The number of nitrogens with zero attached hydrogens (tertiary/aromatic N) is 2. The lowest BCUT2D eigenvalue weighted by atomic mass is 10.1. The average Bonchev–Trinajstić information content (AvgIpc) is 2.30. The van der Waals surface area contributed by atoms with E-state index < -0.39 is 0 Å². The minimum absolute atomic E-state index is 0.116. The molecule has 1 aromatic carbocycles. The van der Waals surface area contributed by atoms with Crippen molar-refractivity contribution >= 4 is 39.1 Å². The van der Waals surface area contributed by atoms with E-state index in [1.54, 1.807) is 6.07 Å². The Morgan fingerprint density at radius 2 is 1.74 bits per heavy atom. The highest BCUT2D eigenvalue weighted by molar-refractivity contribution is 9.10. The van der Waals surface area contributed by atoms with Crippen molar-refractivity contribution in [1.29, 1.82) is 0 Å². The van der Waals surface area contributed by atoms with Crippen LogP contribution in [-0.2, 0) is 0 Å². The van der Waals surface area contributed by atoms with Crippen molar-refractivity contribution in [3.8, 4) is 11.4 Å². The van der Waals surface area contributed by atoms with Crippen LogP contribution < -0.4 is 0 Å². The maximum atomic E-state index is 13.3. The Hall–Kier alpha value is -0.710. The summed E-state index contributed by atoms with van der Waals surface area (Å²) in [6.45, 7) is 3.91. The number of hydrogen-bond acceptors (Lipinski definition) is 2. The van der Waals surface area contributed by atoms with Crippen LogP contribution in [0, 0.1) is 5.82 Å². The molecule has 6 heteroatoms. The topological polar surface area (TPSA) is 25.8 Å². The van der Waals surface area contributed by atoms with Crippen molar-refractivity contribution in [3.63, 3.8) is 0 Å². The molecule has 0 spiro atoms. The highest BCUT2D eigenvalue weighted by Gasteiger charge is 2.17. The summed E-state index contributed by atoms with van der Waals surface area (Å²) in [4.78, 5) is 8.40. The minimum atomic E-state index is -0.373. The van der Waals surface area contributed by atoms with Crippen LogP contribution >= 0.6 is 39.1 Å². The summed E-state index contributed by atoms with van der Waals surface area (Å²) in [6.07, 6.45) is 0. The number of hydrogen-bond donors (Lipinski definition) is 0. The average molecular weight is 364 g/mol. The van der Waals surface area contributed by atoms with Gasteiger partial charge in [-0.15, -0.1) is 0 Å². The molecule has 1 heterocycles. The third-order valence-corrected chi connectivity index (χ3v) is 3.87. The van der Waals surface area contributed by atoms with Gasteiger partial charge in [-0.05, 0) is 24.1 Å². The fraction of sp³-hybridized carbons (Fsp3) is 0.231. The lowest BCUT2D eigenvalue weighted by molar-refractivity contribution is 0.628. The molecule has 0 aliphatic rings. The highest BCUT2D eigenvalue weighted by Crippen LogP contribution is 2.33. The van der Waals surface area contributed by atoms with E-state index in [0.717, 1.165) is 0 Å². The van der Waals surface area contributed by atoms with E-state index in [9.17, 15) is 4.39 Å². The quantitative estimate of drug-likeness (QED) is 0.660. The third-order valence-electron chi connectivity index (χ3n) is 2.60. The molecular weight excluding hydrogens is 354 g/mol. The first kappa shape index (κ1) is 14.7. The van der Waals surface area contributed by atoms with Crippen LogP contribution in [-0.4, -0.2) is 9.97 Å². The maximum absolute atomic E-state index is 13.3. The van der Waals surface area contributed by atoms with Gasteiger partial charge < -0.3 is 0 Å². The van der Waals surface area contributed by atoms with Gasteiger partial charge in [0.2, 0.25) is 0 Å². The van der Waals surface area contributed by atoms with Crippen LogP contribution in [0.15, 0.2) is 22.7 Å². The Labute approximate surface area is 129 Å². The fourth-order valence-corrected chi connectivity index (χ4v) is 2.93. The molecule has 0 atom stereocenters. The lowest BCUT2D eigenvalue weighted by Gasteiger charge is -2.11. The molecule has 0 unspecified atom stereocenters. The molecule has 2 aromatic rings. The predicted octanol–water partition coefficient (Wildman–Crippen LogP) is 5.48. The minimum Gasteiger partial charge on any atom is -0.216 e. The summed E-state index contributed by atoms with van der Waals surface area (Å²) in [5.74, 6) is 0.0396. The van der Waals surface area contributed by atoms with Gasteiger partial charge in [0.15, 0.2) is 5.82 Å². The molecule has 0 aliphatic heterocycles. The molecule has 0 amide bonds. The van der Waals surface area contributed by atoms with E-state index in [4.69, 9.17) is 23.2 Å². The molecule has 0 N–H and O–H groups in total. The zero-order valence-electron chi connectivity index (χ0n) is 10.2. The SMILES string of the molecule is CC(C)c1c(Cl)nc(-c2cc(F)ccc2Br)nc1Cl. The van der Waals surface area contributed by atoms with Gasteiger partial charge in [0, 0.05) is 15.6 Å². The molecule has 0 aliphatic carbocycles. The van der Waals surface area contributed by atoms with E-state index in [2.05, 4.69) is 25.9 Å². The van der Waals surface area contributed by atoms with E-state index in [0.29, 0.717) is 31.7 Å². The van der Waals surface area contributed by atoms with Crippen molar-refractivity contribution < 1.29 is 4.39 Å². The first-order valence-electron chi connectivity index (χ1n) is 5.58. The monoisotopic (exact) mass is 362 g/mol. The van der Waals surface area contributed by atoms with E-state index in [1.807, 2.05) is 13.8 Å². The molecule has 19 heavy (non-hydrogen) atoms. The molecule has 0 radical (unpaired) electrons. The van der Waals surface area contributed by atoms with Gasteiger partial charge in [-0.1, -0.05) is 53.0 Å². The zero-order chi connectivity index (χ0) is 14.2. The van der Waals surface area contributed by atoms with Gasteiger partial charge in [-0.3, -0.25) is 0 Å². The Balaban J connectivity index is 2.62. The molecule has 0 fully saturated rings. The normalized spacial score (nSPS) is 11.1. The smallest absolute Gasteiger partial charge is 0.163 e. The Morgan fingerprint density at radius 3 is 2.26 bits per heavy atom. The summed E-state index contributed by atoms with van der Waals surface area (Å²) in [6, 6.07) is 4.27. The number of aromatic nitrogens is 2. The van der Waals surface area contributed by atoms with Gasteiger partial charge in [0.05, 0.1) is 0 Å². The lowest BCUT2D eigenvalue weighted by Crippen LogP contribution is -2.00. The Bertz CT molecular complexity index is 609. The van der Waals surface area contributed by atoms with E-state index in [-0.39, 0.29) is 11.7 Å². The third kappa shape index (κ3) is 3.07. The maximum Gasteiger partial charge on any atom is 0.163 e. The molecule has 100 valence electrons. The summed E-state index contributed by atoms with van der Waals surface area (Å²) in [5, 5.41) is 0.585. The van der Waals surface area contributed by atoms with Crippen molar-refractivity contribution in [2.24, 2.45) is 0 Å². The van der Waals surface area contributed by atoms with Crippen LogP contribution in [0.2, 0.25) is 10.3 Å². The summed E-state index contributed by atoms with van der Waals surface area (Å²) >= 11 is 15.6. The number of benzene rings is 1. The van der Waals surface area contributed by atoms with E-state index in [1.165, 1.54) is 12.1 Å². The van der Waals surface area contributed by atoms with Crippen LogP contribution in [0.1, 0.15) is 25.3 Å². The second kappa shape index (κ2) is 5.73. The van der Waals surface area contributed by atoms with E-state index >= 15 is 0 Å². The Morgan fingerprint density at radius 1 is 1.16 bits per heavy atom.